The molecular weight excluding hydrogens is 1270 g/mol. The molecule has 6 atom stereocenters. The number of esters is 4. The summed E-state index contributed by atoms with van der Waals surface area (Å²) >= 11 is 0. The van der Waals surface area contributed by atoms with Crippen LogP contribution in [0.2, 0.25) is 0 Å². The molecule has 0 heterocycles. The van der Waals surface area contributed by atoms with Gasteiger partial charge in [-0.2, -0.15) is 0 Å². The Morgan fingerprint density at radius 3 is 0.784 bits per heavy atom. The minimum Gasteiger partial charge on any atom is -0.462 e. The lowest BCUT2D eigenvalue weighted by Gasteiger charge is -2.21. The molecule has 0 fully saturated rings. The van der Waals surface area contributed by atoms with E-state index in [1.807, 2.05) is 0 Å². The summed E-state index contributed by atoms with van der Waals surface area (Å²) < 4.78 is 68.6. The van der Waals surface area contributed by atoms with Crippen molar-refractivity contribution in [2.75, 3.05) is 39.6 Å². The normalized spacial score (nSPS) is 14.2. The Morgan fingerprint density at radius 1 is 0.299 bits per heavy atom. The topological polar surface area (TPSA) is 237 Å². The van der Waals surface area contributed by atoms with E-state index in [9.17, 15) is 43.2 Å². The SMILES string of the molecule is CCCCCCCCCCCCCCCCCC(=O)OC[C@H](COP(=O)(O)OC[C@@H](O)COP(=O)(O)OC[C@@H](COC(=O)CCCCCCCCC(C)C)OC(=O)CCCCCCCCCCCCCCCCC)OC(=O)CCCCCCCCCCCCCCCCC(C)CC. The summed E-state index contributed by atoms with van der Waals surface area (Å²) in [5, 5.41) is 10.6. The van der Waals surface area contributed by atoms with Crippen LogP contribution in [0.25, 0.3) is 0 Å². The molecule has 0 bridgehead atoms. The van der Waals surface area contributed by atoms with Gasteiger partial charge in [0.2, 0.25) is 0 Å². The molecule has 17 nitrogen and oxygen atoms in total. The van der Waals surface area contributed by atoms with Crippen LogP contribution in [0.5, 0.6) is 0 Å². The van der Waals surface area contributed by atoms with Gasteiger partial charge in [0.25, 0.3) is 0 Å². The Balaban J connectivity index is 5.23. The van der Waals surface area contributed by atoms with E-state index in [2.05, 4.69) is 41.5 Å². The van der Waals surface area contributed by atoms with Crippen molar-refractivity contribution >= 4 is 39.5 Å². The Bertz CT molecular complexity index is 1870. The van der Waals surface area contributed by atoms with E-state index >= 15 is 0 Å². The highest BCUT2D eigenvalue weighted by Crippen LogP contribution is 2.45. The summed E-state index contributed by atoms with van der Waals surface area (Å²) in [6.45, 7) is 9.59. The van der Waals surface area contributed by atoms with Crippen LogP contribution in [0.4, 0.5) is 0 Å². The summed E-state index contributed by atoms with van der Waals surface area (Å²) in [7, 11) is -9.91. The number of ether oxygens (including phenoxy) is 4. The van der Waals surface area contributed by atoms with E-state index in [-0.39, 0.29) is 25.7 Å². The number of phosphoric ester groups is 2. The number of carbonyl (C=O) groups excluding carboxylic acids is 4. The zero-order valence-corrected chi connectivity index (χ0v) is 65.2. The lowest BCUT2D eigenvalue weighted by Crippen LogP contribution is -2.30. The Morgan fingerprint density at radius 2 is 0.526 bits per heavy atom. The molecule has 0 rings (SSSR count). The molecule has 0 aliphatic rings. The molecule has 0 aromatic carbocycles. The van der Waals surface area contributed by atoms with Crippen molar-refractivity contribution in [2.24, 2.45) is 11.8 Å². The number of aliphatic hydroxyl groups is 1. The lowest BCUT2D eigenvalue weighted by molar-refractivity contribution is -0.161. The first-order valence-electron chi connectivity index (χ1n) is 40.5. The molecule has 0 aromatic heterocycles. The van der Waals surface area contributed by atoms with Crippen LogP contribution in [0.1, 0.15) is 408 Å². The van der Waals surface area contributed by atoms with Crippen molar-refractivity contribution in [3.8, 4) is 0 Å². The van der Waals surface area contributed by atoms with Crippen LogP contribution >= 0.6 is 15.6 Å². The number of aliphatic hydroxyl groups excluding tert-OH is 1. The highest BCUT2D eigenvalue weighted by molar-refractivity contribution is 7.47. The molecule has 19 heteroatoms. The smallest absolute Gasteiger partial charge is 0.462 e. The van der Waals surface area contributed by atoms with Crippen molar-refractivity contribution in [1.82, 2.24) is 0 Å². The molecule has 0 aliphatic heterocycles. The van der Waals surface area contributed by atoms with Crippen LogP contribution in [-0.4, -0.2) is 96.7 Å². The molecule has 0 spiro atoms. The van der Waals surface area contributed by atoms with Crippen molar-refractivity contribution in [3.05, 3.63) is 0 Å². The summed E-state index contributed by atoms with van der Waals surface area (Å²) in [5.41, 5.74) is 0. The predicted molar refractivity (Wildman–Crippen MR) is 395 cm³/mol. The zero-order chi connectivity index (χ0) is 71.4. The molecule has 0 saturated carbocycles. The molecule has 0 saturated heterocycles. The third-order valence-corrected chi connectivity index (χ3v) is 20.5. The third-order valence-electron chi connectivity index (χ3n) is 18.6. The second-order valence-corrected chi connectivity index (χ2v) is 31.7. The maximum atomic E-state index is 13.1. The summed E-state index contributed by atoms with van der Waals surface area (Å²) in [6, 6.07) is 0. The number of rotatable bonds is 77. The largest absolute Gasteiger partial charge is 0.472 e. The van der Waals surface area contributed by atoms with Gasteiger partial charge in [0.1, 0.15) is 19.3 Å². The van der Waals surface area contributed by atoms with Gasteiger partial charge in [0.05, 0.1) is 26.4 Å². The minimum absolute atomic E-state index is 0.107. The maximum absolute atomic E-state index is 13.1. The van der Waals surface area contributed by atoms with Crippen molar-refractivity contribution in [2.45, 2.75) is 426 Å². The molecule has 0 amide bonds. The second-order valence-electron chi connectivity index (χ2n) is 28.8. The number of carbonyl (C=O) groups is 4. The lowest BCUT2D eigenvalue weighted by atomic mass is 9.99. The fourth-order valence-electron chi connectivity index (χ4n) is 12.0. The average molecular weight is 1420 g/mol. The van der Waals surface area contributed by atoms with Crippen LogP contribution in [0.3, 0.4) is 0 Å². The van der Waals surface area contributed by atoms with Gasteiger partial charge in [-0.25, -0.2) is 9.13 Å². The summed E-state index contributed by atoms with van der Waals surface area (Å²) in [5.74, 6) is -0.587. The average Bonchev–Trinajstić information content (AvgIpc) is 1.25. The number of unbranched alkanes of at least 4 members (excludes halogenated alkanes) is 46. The van der Waals surface area contributed by atoms with Crippen LogP contribution in [0.15, 0.2) is 0 Å². The summed E-state index contributed by atoms with van der Waals surface area (Å²) in [4.78, 5) is 72.9. The van der Waals surface area contributed by atoms with E-state index in [0.29, 0.717) is 31.6 Å². The van der Waals surface area contributed by atoms with Gasteiger partial charge in [-0.05, 0) is 37.5 Å². The van der Waals surface area contributed by atoms with Crippen molar-refractivity contribution in [1.29, 1.82) is 0 Å². The number of hydrogen-bond acceptors (Lipinski definition) is 15. The van der Waals surface area contributed by atoms with E-state index in [0.717, 1.165) is 102 Å². The minimum atomic E-state index is -4.96. The highest BCUT2D eigenvalue weighted by Gasteiger charge is 2.30. The molecule has 3 N–H and O–H groups in total. The zero-order valence-electron chi connectivity index (χ0n) is 63.4. The van der Waals surface area contributed by atoms with E-state index in [4.69, 9.17) is 37.0 Å². The standard InChI is InChI=1S/C78H152O17P2/c1-7-10-12-14-16-18-20-22-24-29-33-37-41-48-54-60-75(80)88-66-73(94-77(82)62-57-51-43-39-35-31-27-26-28-32-36-40-47-53-59-71(6)9-3)68-92-96(84,85)90-64-72(79)65-91-97(86,87)93-69-74(67-89-76(81)61-55-49-45-44-46-52-58-70(4)5)95-78(83)63-56-50-42-38-34-30-25-23-21-19-17-15-13-11-8-2/h70-74,79H,7-69H2,1-6H3,(H,84,85)(H,86,87)/t71?,72-,73-,74-/m1/s1. The van der Waals surface area contributed by atoms with Crippen LogP contribution in [-0.2, 0) is 65.4 Å². The van der Waals surface area contributed by atoms with Crippen LogP contribution < -0.4 is 0 Å². The quantitative estimate of drug-likeness (QED) is 0.0222. The fourth-order valence-corrected chi connectivity index (χ4v) is 13.6. The second kappa shape index (κ2) is 69.8. The number of phosphoric acid groups is 2. The van der Waals surface area contributed by atoms with Gasteiger partial charge < -0.3 is 33.8 Å². The predicted octanol–water partition coefficient (Wildman–Crippen LogP) is 23.1. The molecule has 0 radical (unpaired) electrons. The van der Waals surface area contributed by atoms with Gasteiger partial charge >= 0.3 is 39.5 Å². The number of hydrogen-bond donors (Lipinski definition) is 3. The Hall–Kier alpha value is -1.94. The van der Waals surface area contributed by atoms with Gasteiger partial charge in [-0.3, -0.25) is 37.3 Å². The van der Waals surface area contributed by atoms with Crippen molar-refractivity contribution < 1.29 is 80.2 Å². The monoisotopic (exact) mass is 1420 g/mol. The van der Waals surface area contributed by atoms with Gasteiger partial charge in [-0.15, -0.1) is 0 Å². The first-order chi connectivity index (χ1) is 46.9. The molecular formula is C78H152O17P2. The van der Waals surface area contributed by atoms with Gasteiger partial charge in [0.15, 0.2) is 12.2 Å². The van der Waals surface area contributed by atoms with Crippen LogP contribution in [0, 0.1) is 11.8 Å². The molecule has 0 aromatic rings. The first kappa shape index (κ1) is 95.1. The molecule has 3 unspecified atom stereocenters. The summed E-state index contributed by atoms with van der Waals surface area (Å²) in [6.07, 6.45) is 58.3. The maximum Gasteiger partial charge on any atom is 0.472 e. The first-order valence-corrected chi connectivity index (χ1v) is 43.5. The molecule has 576 valence electrons. The van der Waals surface area contributed by atoms with Crippen molar-refractivity contribution in [3.63, 3.8) is 0 Å². The van der Waals surface area contributed by atoms with E-state index in [1.54, 1.807) is 0 Å². The molecule has 97 heavy (non-hydrogen) atoms. The van der Waals surface area contributed by atoms with E-state index < -0.39 is 97.5 Å². The molecule has 0 aliphatic carbocycles. The Kier molecular flexibility index (Phi) is 68.4. The van der Waals surface area contributed by atoms with Gasteiger partial charge in [-0.1, -0.05) is 356 Å². The van der Waals surface area contributed by atoms with E-state index in [1.165, 1.54) is 218 Å². The highest BCUT2D eigenvalue weighted by atomic mass is 31.2. The van der Waals surface area contributed by atoms with Gasteiger partial charge in [0, 0.05) is 25.7 Å². The fraction of sp³-hybridized carbons (Fsp3) is 0.949. The third kappa shape index (κ3) is 70.9. The Labute approximate surface area is 594 Å².